The fraction of sp³-hybridized carbons (Fsp3) is 0.722. The molecule has 3 nitrogen and oxygen atoms in total. The van der Waals surface area contributed by atoms with Crippen LogP contribution in [0.1, 0.15) is 64.3 Å². The van der Waals surface area contributed by atoms with Gasteiger partial charge >= 0.3 is 0 Å². The van der Waals surface area contributed by atoms with Gasteiger partial charge in [0.1, 0.15) is 0 Å². The summed E-state index contributed by atoms with van der Waals surface area (Å²) >= 11 is 0. The number of aryl methyl sites for hydroxylation is 2. The van der Waals surface area contributed by atoms with Crippen molar-refractivity contribution in [3.63, 3.8) is 0 Å². The summed E-state index contributed by atoms with van der Waals surface area (Å²) in [6.45, 7) is 16.7. The van der Waals surface area contributed by atoms with Crippen LogP contribution in [-0.2, 0) is 6.54 Å². The molecule has 1 aromatic heterocycles. The zero-order valence-corrected chi connectivity index (χ0v) is 14.8. The minimum absolute atomic E-state index is 0.0874. The van der Waals surface area contributed by atoms with E-state index in [0.717, 1.165) is 24.7 Å². The summed E-state index contributed by atoms with van der Waals surface area (Å²) in [5.41, 5.74) is 3.53. The highest BCUT2D eigenvalue weighted by Crippen LogP contribution is 2.22. The first-order chi connectivity index (χ1) is 9.73. The molecule has 120 valence electrons. The second kappa shape index (κ2) is 7.79. The van der Waals surface area contributed by atoms with Gasteiger partial charge in [0.05, 0.1) is 6.61 Å². The van der Waals surface area contributed by atoms with Gasteiger partial charge in [-0.3, -0.25) is 0 Å². The van der Waals surface area contributed by atoms with Gasteiger partial charge in [-0.2, -0.15) is 0 Å². The van der Waals surface area contributed by atoms with Crippen molar-refractivity contribution in [2.75, 3.05) is 6.61 Å². The summed E-state index contributed by atoms with van der Waals surface area (Å²) in [5, 5.41) is 3.53. The summed E-state index contributed by atoms with van der Waals surface area (Å²) in [5.74, 6) is 1.37. The largest absolute Gasteiger partial charge is 0.477 e. The van der Waals surface area contributed by atoms with E-state index in [1.54, 1.807) is 0 Å². The number of rotatable bonds is 7. The summed E-state index contributed by atoms with van der Waals surface area (Å²) < 4.78 is 6.03. The van der Waals surface area contributed by atoms with Crippen molar-refractivity contribution in [3.8, 4) is 5.88 Å². The first kappa shape index (κ1) is 18.0. The van der Waals surface area contributed by atoms with Crippen LogP contribution in [-0.4, -0.2) is 17.1 Å². The molecule has 0 amide bonds. The van der Waals surface area contributed by atoms with E-state index in [0.29, 0.717) is 5.92 Å². The van der Waals surface area contributed by atoms with Gasteiger partial charge in [0.25, 0.3) is 0 Å². The highest BCUT2D eigenvalue weighted by Gasteiger charge is 2.15. The van der Waals surface area contributed by atoms with Crippen LogP contribution in [0, 0.1) is 19.8 Å². The van der Waals surface area contributed by atoms with Crippen LogP contribution in [0.2, 0.25) is 0 Å². The second-order valence-corrected chi connectivity index (χ2v) is 7.17. The first-order valence-electron chi connectivity index (χ1n) is 8.08. The Morgan fingerprint density at radius 1 is 1.29 bits per heavy atom. The van der Waals surface area contributed by atoms with Crippen molar-refractivity contribution >= 4 is 0 Å². The van der Waals surface area contributed by atoms with Crippen molar-refractivity contribution in [1.29, 1.82) is 0 Å². The Kier molecular flexibility index (Phi) is 6.66. The molecule has 0 aliphatic rings. The summed E-state index contributed by atoms with van der Waals surface area (Å²) in [7, 11) is 0. The van der Waals surface area contributed by atoms with Crippen molar-refractivity contribution in [2.24, 2.45) is 5.92 Å². The maximum atomic E-state index is 6.03. The number of pyridine rings is 1. The second-order valence-electron chi connectivity index (χ2n) is 7.17. The molecule has 1 rings (SSSR count). The standard InChI is InChI=1S/C18H32N2O/c1-8-9-13(2)12-21-17-16(11-19-18(5,6)7)14(3)10-15(4)20-17/h10,13,19H,8-9,11-12H2,1-7H3. The Bertz CT molecular complexity index is 449. The Morgan fingerprint density at radius 2 is 1.95 bits per heavy atom. The van der Waals surface area contributed by atoms with Gasteiger partial charge in [0.15, 0.2) is 0 Å². The minimum Gasteiger partial charge on any atom is -0.477 e. The lowest BCUT2D eigenvalue weighted by Gasteiger charge is -2.23. The highest BCUT2D eigenvalue weighted by atomic mass is 16.5. The monoisotopic (exact) mass is 292 g/mol. The maximum Gasteiger partial charge on any atom is 0.218 e. The van der Waals surface area contributed by atoms with Gasteiger partial charge in [-0.1, -0.05) is 20.3 Å². The summed E-state index contributed by atoms with van der Waals surface area (Å²) in [6, 6.07) is 2.13. The Balaban J connectivity index is 2.85. The lowest BCUT2D eigenvalue weighted by Crippen LogP contribution is -2.35. The number of nitrogens with zero attached hydrogens (tertiary/aromatic N) is 1. The molecule has 1 heterocycles. The van der Waals surface area contributed by atoms with Gasteiger partial charge in [-0.25, -0.2) is 4.98 Å². The van der Waals surface area contributed by atoms with Crippen molar-refractivity contribution < 1.29 is 4.74 Å². The quantitative estimate of drug-likeness (QED) is 0.808. The highest BCUT2D eigenvalue weighted by molar-refractivity contribution is 5.36. The molecule has 0 bridgehead atoms. The molecule has 3 heteroatoms. The van der Waals surface area contributed by atoms with E-state index in [9.17, 15) is 0 Å². The van der Waals surface area contributed by atoms with E-state index in [4.69, 9.17) is 4.74 Å². The maximum absolute atomic E-state index is 6.03. The van der Waals surface area contributed by atoms with Crippen molar-refractivity contribution in [3.05, 3.63) is 22.9 Å². The van der Waals surface area contributed by atoms with Crippen LogP contribution in [0.3, 0.4) is 0 Å². The van der Waals surface area contributed by atoms with E-state index < -0.39 is 0 Å². The van der Waals surface area contributed by atoms with E-state index in [2.05, 4.69) is 57.9 Å². The van der Waals surface area contributed by atoms with Crippen LogP contribution < -0.4 is 10.1 Å². The topological polar surface area (TPSA) is 34.1 Å². The number of hydrogen-bond donors (Lipinski definition) is 1. The fourth-order valence-electron chi connectivity index (χ4n) is 2.31. The molecule has 21 heavy (non-hydrogen) atoms. The fourth-order valence-corrected chi connectivity index (χ4v) is 2.31. The van der Waals surface area contributed by atoms with Crippen molar-refractivity contribution in [2.45, 2.75) is 73.4 Å². The Hall–Kier alpha value is -1.09. The predicted molar refractivity (Wildman–Crippen MR) is 89.9 cm³/mol. The molecule has 0 aliphatic carbocycles. The third-order valence-electron chi connectivity index (χ3n) is 3.52. The minimum atomic E-state index is 0.0874. The molecule has 0 saturated carbocycles. The zero-order chi connectivity index (χ0) is 16.0. The van der Waals surface area contributed by atoms with E-state index >= 15 is 0 Å². The summed E-state index contributed by atoms with van der Waals surface area (Å²) in [6.07, 6.45) is 2.39. The third-order valence-corrected chi connectivity index (χ3v) is 3.52. The Labute approximate surface area is 130 Å². The summed E-state index contributed by atoms with van der Waals surface area (Å²) in [4.78, 5) is 4.60. The normalized spacial score (nSPS) is 13.3. The number of aromatic nitrogens is 1. The molecule has 0 spiro atoms. The molecule has 1 N–H and O–H groups in total. The first-order valence-corrected chi connectivity index (χ1v) is 8.08. The van der Waals surface area contributed by atoms with Gasteiger partial charge in [0.2, 0.25) is 5.88 Å². The SMILES string of the molecule is CCCC(C)COc1nc(C)cc(C)c1CNC(C)(C)C. The van der Waals surface area contributed by atoms with E-state index in [-0.39, 0.29) is 5.54 Å². The van der Waals surface area contributed by atoms with E-state index in [1.807, 2.05) is 6.92 Å². The zero-order valence-electron chi connectivity index (χ0n) is 14.8. The van der Waals surface area contributed by atoms with Crippen LogP contribution >= 0.6 is 0 Å². The predicted octanol–water partition coefficient (Wildman–Crippen LogP) is 4.40. The molecule has 1 unspecified atom stereocenters. The molecule has 1 aromatic rings. The van der Waals surface area contributed by atoms with Gasteiger partial charge in [-0.05, 0) is 58.6 Å². The molecule has 0 aliphatic heterocycles. The van der Waals surface area contributed by atoms with Gasteiger partial charge in [0, 0.05) is 23.3 Å². The van der Waals surface area contributed by atoms with Crippen LogP contribution in [0.5, 0.6) is 5.88 Å². The number of nitrogens with one attached hydrogen (secondary N) is 1. The lowest BCUT2D eigenvalue weighted by atomic mass is 10.1. The molecule has 0 radical (unpaired) electrons. The van der Waals surface area contributed by atoms with Gasteiger partial charge in [-0.15, -0.1) is 0 Å². The molecular formula is C18H32N2O. The third kappa shape index (κ3) is 6.47. The number of ether oxygens (including phenoxy) is 1. The molecule has 0 fully saturated rings. The van der Waals surface area contributed by atoms with Crippen LogP contribution in [0.15, 0.2) is 6.07 Å². The molecule has 1 atom stereocenters. The average Bonchev–Trinajstić information content (AvgIpc) is 2.34. The van der Waals surface area contributed by atoms with E-state index in [1.165, 1.54) is 24.0 Å². The molecule has 0 aromatic carbocycles. The average molecular weight is 292 g/mol. The van der Waals surface area contributed by atoms with Gasteiger partial charge < -0.3 is 10.1 Å². The Morgan fingerprint density at radius 3 is 2.52 bits per heavy atom. The molecular weight excluding hydrogens is 260 g/mol. The smallest absolute Gasteiger partial charge is 0.218 e. The van der Waals surface area contributed by atoms with Crippen molar-refractivity contribution in [1.82, 2.24) is 10.3 Å². The lowest BCUT2D eigenvalue weighted by molar-refractivity contribution is 0.239. The van der Waals surface area contributed by atoms with Crippen LogP contribution in [0.25, 0.3) is 0 Å². The molecule has 0 saturated heterocycles. The number of hydrogen-bond acceptors (Lipinski definition) is 3. The van der Waals surface area contributed by atoms with Crippen LogP contribution in [0.4, 0.5) is 0 Å².